The van der Waals surface area contributed by atoms with Crippen LogP contribution in [0.3, 0.4) is 0 Å². The van der Waals surface area contributed by atoms with Gasteiger partial charge in [-0.15, -0.1) is 11.6 Å². The fourth-order valence-electron chi connectivity index (χ4n) is 0.365. The van der Waals surface area contributed by atoms with Crippen LogP contribution in [0.25, 0.3) is 0 Å². The Morgan fingerprint density at radius 3 is 2.30 bits per heavy atom. The van der Waals surface area contributed by atoms with Gasteiger partial charge in [0.1, 0.15) is 0 Å². The molecule has 1 unspecified atom stereocenters. The van der Waals surface area contributed by atoms with Crippen LogP contribution >= 0.6 is 11.6 Å². The molecule has 0 nitrogen and oxygen atoms in total. The standard InChI is InChI=1S/C6H8ClF3/c1-5(3-2-4-7)6(8,9)10/h2-3,5H,4H2,1H3. The molecular formula is C6H8ClF3. The quantitative estimate of drug-likeness (QED) is 0.444. The lowest BCUT2D eigenvalue weighted by molar-refractivity contribution is -0.156. The lowest BCUT2D eigenvalue weighted by atomic mass is 10.1. The second-order valence-electron chi connectivity index (χ2n) is 1.91. The molecule has 0 aromatic heterocycles. The maximum Gasteiger partial charge on any atom is 0.394 e. The van der Waals surface area contributed by atoms with E-state index in [-0.39, 0.29) is 5.88 Å². The largest absolute Gasteiger partial charge is 0.394 e. The first-order chi connectivity index (χ1) is 4.48. The summed E-state index contributed by atoms with van der Waals surface area (Å²) in [5, 5.41) is 0. The minimum atomic E-state index is -4.14. The van der Waals surface area contributed by atoms with E-state index in [0.717, 1.165) is 13.0 Å². The lowest BCUT2D eigenvalue weighted by Gasteiger charge is -2.09. The summed E-state index contributed by atoms with van der Waals surface area (Å²) in [4.78, 5) is 0. The molecule has 0 saturated carbocycles. The molecule has 0 aromatic carbocycles. The van der Waals surface area contributed by atoms with Crippen LogP contribution in [-0.2, 0) is 0 Å². The van der Waals surface area contributed by atoms with E-state index in [2.05, 4.69) is 0 Å². The third kappa shape index (κ3) is 3.77. The van der Waals surface area contributed by atoms with Crippen LogP contribution in [0.1, 0.15) is 6.92 Å². The minimum absolute atomic E-state index is 0.125. The zero-order valence-corrected chi connectivity index (χ0v) is 6.21. The average Bonchev–Trinajstić information content (AvgIpc) is 1.80. The highest BCUT2D eigenvalue weighted by atomic mass is 35.5. The third-order valence-corrected chi connectivity index (χ3v) is 1.21. The summed E-state index contributed by atoms with van der Waals surface area (Å²) in [6, 6.07) is 0. The summed E-state index contributed by atoms with van der Waals surface area (Å²) in [6.07, 6.45) is -1.80. The van der Waals surface area contributed by atoms with E-state index in [0.29, 0.717) is 0 Å². The smallest absolute Gasteiger partial charge is 0.170 e. The number of hydrogen-bond donors (Lipinski definition) is 0. The average molecular weight is 173 g/mol. The van der Waals surface area contributed by atoms with Crippen molar-refractivity contribution in [2.75, 3.05) is 5.88 Å². The van der Waals surface area contributed by atoms with Crippen LogP contribution in [0, 0.1) is 5.92 Å². The highest BCUT2D eigenvalue weighted by Gasteiger charge is 2.33. The van der Waals surface area contributed by atoms with Gasteiger partial charge in [0, 0.05) is 5.88 Å². The molecule has 4 heteroatoms. The molecule has 10 heavy (non-hydrogen) atoms. The predicted molar refractivity (Wildman–Crippen MR) is 35.1 cm³/mol. The molecule has 1 atom stereocenters. The van der Waals surface area contributed by atoms with Crippen molar-refractivity contribution in [2.45, 2.75) is 13.1 Å². The van der Waals surface area contributed by atoms with E-state index in [4.69, 9.17) is 11.6 Å². The van der Waals surface area contributed by atoms with E-state index in [1.807, 2.05) is 0 Å². The predicted octanol–water partition coefficient (Wildman–Crippen LogP) is 2.98. The Morgan fingerprint density at radius 1 is 1.50 bits per heavy atom. The zero-order valence-electron chi connectivity index (χ0n) is 5.45. The summed E-state index contributed by atoms with van der Waals surface area (Å²) >= 11 is 5.14. The minimum Gasteiger partial charge on any atom is -0.170 e. The molecule has 0 aromatic rings. The summed E-state index contributed by atoms with van der Waals surface area (Å²) in [7, 11) is 0. The molecule has 0 saturated heterocycles. The molecule has 0 aliphatic rings. The van der Waals surface area contributed by atoms with Crippen molar-refractivity contribution in [2.24, 2.45) is 5.92 Å². The second kappa shape index (κ2) is 3.86. The van der Waals surface area contributed by atoms with Crippen molar-refractivity contribution in [1.82, 2.24) is 0 Å². The van der Waals surface area contributed by atoms with Crippen LogP contribution in [0.15, 0.2) is 12.2 Å². The Labute approximate surface area is 62.7 Å². The van der Waals surface area contributed by atoms with E-state index >= 15 is 0 Å². The molecule has 0 rings (SSSR count). The first-order valence-electron chi connectivity index (χ1n) is 2.78. The van der Waals surface area contributed by atoms with Gasteiger partial charge in [-0.3, -0.25) is 0 Å². The molecular weight excluding hydrogens is 165 g/mol. The monoisotopic (exact) mass is 172 g/mol. The van der Waals surface area contributed by atoms with Gasteiger partial charge in [0.25, 0.3) is 0 Å². The topological polar surface area (TPSA) is 0 Å². The molecule has 0 heterocycles. The molecule has 0 aliphatic carbocycles. The van der Waals surface area contributed by atoms with Crippen LogP contribution in [0.2, 0.25) is 0 Å². The summed E-state index contributed by atoms with van der Waals surface area (Å²) in [6.45, 7) is 1.09. The highest BCUT2D eigenvalue weighted by Crippen LogP contribution is 2.26. The molecule has 60 valence electrons. The zero-order chi connectivity index (χ0) is 8.20. The van der Waals surface area contributed by atoms with Gasteiger partial charge in [0.05, 0.1) is 5.92 Å². The van der Waals surface area contributed by atoms with Crippen LogP contribution in [0.5, 0.6) is 0 Å². The van der Waals surface area contributed by atoms with Gasteiger partial charge in [-0.25, -0.2) is 0 Å². The van der Waals surface area contributed by atoms with Crippen molar-refractivity contribution in [3.05, 3.63) is 12.2 Å². The third-order valence-electron chi connectivity index (χ3n) is 1.03. The SMILES string of the molecule is CC(C=CCCl)C(F)(F)F. The van der Waals surface area contributed by atoms with Crippen molar-refractivity contribution >= 4 is 11.6 Å². The Kier molecular flexibility index (Phi) is 3.79. The summed E-state index contributed by atoms with van der Waals surface area (Å²) in [5.74, 6) is -1.27. The van der Waals surface area contributed by atoms with Gasteiger partial charge in [0.15, 0.2) is 0 Å². The van der Waals surface area contributed by atoms with E-state index in [1.54, 1.807) is 0 Å². The van der Waals surface area contributed by atoms with Crippen LogP contribution < -0.4 is 0 Å². The number of allylic oxidation sites excluding steroid dienone is 2. The van der Waals surface area contributed by atoms with Crippen LogP contribution in [-0.4, -0.2) is 12.1 Å². The molecule has 0 aliphatic heterocycles. The van der Waals surface area contributed by atoms with Crippen molar-refractivity contribution in [3.63, 3.8) is 0 Å². The van der Waals surface area contributed by atoms with Gasteiger partial charge >= 0.3 is 6.18 Å². The van der Waals surface area contributed by atoms with Gasteiger partial charge < -0.3 is 0 Å². The lowest BCUT2D eigenvalue weighted by Crippen LogP contribution is -2.17. The molecule has 0 bridgehead atoms. The van der Waals surface area contributed by atoms with Gasteiger partial charge in [-0.1, -0.05) is 19.1 Å². The Morgan fingerprint density at radius 2 is 2.00 bits per heavy atom. The molecule has 0 N–H and O–H groups in total. The normalized spacial score (nSPS) is 16.1. The number of hydrogen-bond acceptors (Lipinski definition) is 0. The van der Waals surface area contributed by atoms with E-state index in [1.165, 1.54) is 6.08 Å². The van der Waals surface area contributed by atoms with Crippen molar-refractivity contribution in [3.8, 4) is 0 Å². The van der Waals surface area contributed by atoms with Crippen LogP contribution in [0.4, 0.5) is 13.2 Å². The first-order valence-corrected chi connectivity index (χ1v) is 3.31. The fraction of sp³-hybridized carbons (Fsp3) is 0.667. The highest BCUT2D eigenvalue weighted by molar-refractivity contribution is 6.18. The van der Waals surface area contributed by atoms with Gasteiger partial charge in [0.2, 0.25) is 0 Å². The molecule has 0 fully saturated rings. The number of rotatable bonds is 2. The number of alkyl halides is 4. The van der Waals surface area contributed by atoms with Gasteiger partial charge in [-0.05, 0) is 0 Å². The molecule has 0 amide bonds. The fourth-order valence-corrected chi connectivity index (χ4v) is 0.468. The van der Waals surface area contributed by atoms with E-state index < -0.39 is 12.1 Å². The Balaban J connectivity index is 3.84. The summed E-state index contributed by atoms with van der Waals surface area (Å²) < 4.78 is 35.0. The Hall–Kier alpha value is -0.180. The summed E-state index contributed by atoms with van der Waals surface area (Å²) in [5.41, 5.74) is 0. The molecule has 0 spiro atoms. The van der Waals surface area contributed by atoms with Crippen molar-refractivity contribution < 1.29 is 13.2 Å². The maximum atomic E-state index is 11.7. The first kappa shape index (κ1) is 9.82. The second-order valence-corrected chi connectivity index (χ2v) is 2.22. The Bertz CT molecular complexity index is 117. The van der Waals surface area contributed by atoms with Gasteiger partial charge in [-0.2, -0.15) is 13.2 Å². The number of halogens is 4. The van der Waals surface area contributed by atoms with E-state index in [9.17, 15) is 13.2 Å². The van der Waals surface area contributed by atoms with Crippen molar-refractivity contribution in [1.29, 1.82) is 0 Å². The molecule has 0 radical (unpaired) electrons. The maximum absolute atomic E-state index is 11.7.